The first kappa shape index (κ1) is 14.7. The molecule has 1 aromatic heterocycles. The van der Waals surface area contributed by atoms with E-state index in [1.165, 1.54) is 32.1 Å². The molecule has 2 saturated carbocycles. The number of aromatic nitrogens is 2. The standard InChI is InChI=1S/C16H27N5/c1-20(2)16(7-4-8-16)12-21(3)15-11-18-14(10-19-15)9-17-13-5-6-13/h10-11,13,17H,4-9,12H2,1-3H3. The third-order valence-corrected chi connectivity index (χ3v) is 5.00. The predicted octanol–water partition coefficient (Wildman–Crippen LogP) is 1.65. The maximum Gasteiger partial charge on any atom is 0.146 e. The second-order valence-corrected chi connectivity index (χ2v) is 6.85. The molecule has 116 valence electrons. The molecule has 1 N–H and O–H groups in total. The molecular weight excluding hydrogens is 262 g/mol. The molecule has 2 aliphatic carbocycles. The van der Waals surface area contributed by atoms with Crippen molar-refractivity contribution in [1.82, 2.24) is 20.2 Å². The van der Waals surface area contributed by atoms with Gasteiger partial charge in [-0.1, -0.05) is 0 Å². The Labute approximate surface area is 127 Å². The number of nitrogens with zero attached hydrogens (tertiary/aromatic N) is 4. The molecule has 0 bridgehead atoms. The molecule has 0 atom stereocenters. The molecule has 1 heterocycles. The molecule has 1 aromatic rings. The highest BCUT2D eigenvalue weighted by molar-refractivity contribution is 5.35. The van der Waals surface area contributed by atoms with Gasteiger partial charge in [0.05, 0.1) is 18.1 Å². The number of rotatable bonds is 7. The van der Waals surface area contributed by atoms with E-state index >= 15 is 0 Å². The lowest BCUT2D eigenvalue weighted by atomic mass is 9.75. The largest absolute Gasteiger partial charge is 0.357 e. The zero-order valence-corrected chi connectivity index (χ0v) is 13.5. The SMILES string of the molecule is CN(CC1(N(C)C)CCC1)c1cnc(CNC2CC2)cn1. The third kappa shape index (κ3) is 3.35. The second-order valence-electron chi connectivity index (χ2n) is 6.85. The average molecular weight is 289 g/mol. The van der Waals surface area contributed by atoms with Gasteiger partial charge in [0.15, 0.2) is 0 Å². The first-order valence-electron chi connectivity index (χ1n) is 8.02. The lowest BCUT2D eigenvalue weighted by Crippen LogP contribution is -2.56. The zero-order chi connectivity index (χ0) is 14.9. The minimum Gasteiger partial charge on any atom is -0.357 e. The van der Waals surface area contributed by atoms with Gasteiger partial charge in [0.25, 0.3) is 0 Å². The Kier molecular flexibility index (Phi) is 4.13. The Morgan fingerprint density at radius 3 is 2.43 bits per heavy atom. The van der Waals surface area contributed by atoms with Crippen LogP contribution >= 0.6 is 0 Å². The van der Waals surface area contributed by atoms with Crippen LogP contribution in [0.4, 0.5) is 5.82 Å². The smallest absolute Gasteiger partial charge is 0.146 e. The van der Waals surface area contributed by atoms with Crippen molar-refractivity contribution in [3.8, 4) is 0 Å². The van der Waals surface area contributed by atoms with Crippen LogP contribution in [0.1, 0.15) is 37.8 Å². The Balaban J connectivity index is 1.57. The first-order valence-corrected chi connectivity index (χ1v) is 8.02. The molecule has 0 aromatic carbocycles. The van der Waals surface area contributed by atoms with Crippen molar-refractivity contribution in [2.45, 2.75) is 50.2 Å². The summed E-state index contributed by atoms with van der Waals surface area (Å²) in [5.74, 6) is 0.971. The number of anilines is 1. The summed E-state index contributed by atoms with van der Waals surface area (Å²) < 4.78 is 0. The van der Waals surface area contributed by atoms with Gasteiger partial charge in [0.1, 0.15) is 5.82 Å². The molecule has 5 nitrogen and oxygen atoms in total. The van der Waals surface area contributed by atoms with Crippen molar-refractivity contribution >= 4 is 5.82 Å². The summed E-state index contributed by atoms with van der Waals surface area (Å²) in [5, 5.41) is 3.47. The van der Waals surface area contributed by atoms with Crippen LogP contribution in [0.5, 0.6) is 0 Å². The van der Waals surface area contributed by atoms with Crippen molar-refractivity contribution in [3.63, 3.8) is 0 Å². The molecule has 0 aliphatic heterocycles. The molecule has 2 aliphatic rings. The van der Waals surface area contributed by atoms with E-state index in [0.717, 1.165) is 24.6 Å². The first-order chi connectivity index (χ1) is 10.1. The van der Waals surface area contributed by atoms with Crippen molar-refractivity contribution in [1.29, 1.82) is 0 Å². The lowest BCUT2D eigenvalue weighted by Gasteiger charge is -2.49. The van der Waals surface area contributed by atoms with Crippen molar-refractivity contribution in [2.75, 3.05) is 32.6 Å². The predicted molar refractivity (Wildman–Crippen MR) is 85.4 cm³/mol. The van der Waals surface area contributed by atoms with Crippen LogP contribution < -0.4 is 10.2 Å². The molecule has 0 saturated heterocycles. The molecule has 0 unspecified atom stereocenters. The minimum atomic E-state index is 0.322. The topological polar surface area (TPSA) is 44.3 Å². The minimum absolute atomic E-state index is 0.322. The van der Waals surface area contributed by atoms with E-state index in [0.29, 0.717) is 11.6 Å². The van der Waals surface area contributed by atoms with E-state index in [9.17, 15) is 0 Å². The maximum atomic E-state index is 4.58. The Bertz CT molecular complexity index is 462. The Morgan fingerprint density at radius 1 is 1.19 bits per heavy atom. The van der Waals surface area contributed by atoms with E-state index in [-0.39, 0.29) is 0 Å². The van der Waals surface area contributed by atoms with Gasteiger partial charge in [-0.05, 0) is 46.2 Å². The lowest BCUT2D eigenvalue weighted by molar-refractivity contribution is 0.0681. The van der Waals surface area contributed by atoms with Crippen molar-refractivity contribution in [3.05, 3.63) is 18.1 Å². The average Bonchev–Trinajstić information content (AvgIpc) is 3.24. The van der Waals surface area contributed by atoms with Gasteiger partial charge in [0.2, 0.25) is 0 Å². The molecular formula is C16H27N5. The molecule has 5 heteroatoms. The van der Waals surface area contributed by atoms with Crippen LogP contribution in [0.3, 0.4) is 0 Å². The van der Waals surface area contributed by atoms with Gasteiger partial charge in [-0.3, -0.25) is 4.98 Å². The summed E-state index contributed by atoms with van der Waals surface area (Å²) in [5.41, 5.74) is 1.35. The number of nitrogens with one attached hydrogen (secondary N) is 1. The van der Waals surface area contributed by atoms with E-state index in [2.05, 4.69) is 46.2 Å². The third-order valence-electron chi connectivity index (χ3n) is 5.00. The highest BCUT2D eigenvalue weighted by Crippen LogP contribution is 2.37. The summed E-state index contributed by atoms with van der Waals surface area (Å²) in [6, 6.07) is 0.715. The van der Waals surface area contributed by atoms with E-state index in [1.54, 1.807) is 0 Å². The summed E-state index contributed by atoms with van der Waals surface area (Å²) in [7, 11) is 6.49. The Morgan fingerprint density at radius 2 is 1.95 bits per heavy atom. The van der Waals surface area contributed by atoms with Crippen LogP contribution in [0.15, 0.2) is 12.4 Å². The normalized spacial score (nSPS) is 20.4. The van der Waals surface area contributed by atoms with Gasteiger partial charge in [-0.15, -0.1) is 0 Å². The van der Waals surface area contributed by atoms with Gasteiger partial charge < -0.3 is 15.1 Å². The molecule has 3 rings (SSSR count). The fourth-order valence-electron chi connectivity index (χ4n) is 3.03. The molecule has 0 spiro atoms. The number of likely N-dealkylation sites (N-methyl/N-ethyl adjacent to an activating group) is 2. The Hall–Kier alpha value is -1.20. The quantitative estimate of drug-likeness (QED) is 0.827. The maximum absolute atomic E-state index is 4.58. The molecule has 0 radical (unpaired) electrons. The molecule has 21 heavy (non-hydrogen) atoms. The van der Waals surface area contributed by atoms with E-state index < -0.39 is 0 Å². The summed E-state index contributed by atoms with van der Waals surface area (Å²) in [4.78, 5) is 13.7. The van der Waals surface area contributed by atoms with Crippen molar-refractivity contribution in [2.24, 2.45) is 0 Å². The summed E-state index contributed by atoms with van der Waals surface area (Å²) in [6.07, 6.45) is 10.3. The number of hydrogen-bond acceptors (Lipinski definition) is 5. The molecule has 2 fully saturated rings. The zero-order valence-electron chi connectivity index (χ0n) is 13.5. The fourth-order valence-corrected chi connectivity index (χ4v) is 3.03. The van der Waals surface area contributed by atoms with E-state index in [4.69, 9.17) is 0 Å². The summed E-state index contributed by atoms with van der Waals surface area (Å²) in [6.45, 7) is 1.86. The van der Waals surface area contributed by atoms with Gasteiger partial charge in [-0.2, -0.15) is 0 Å². The fraction of sp³-hybridized carbons (Fsp3) is 0.750. The van der Waals surface area contributed by atoms with Crippen LogP contribution in [0.2, 0.25) is 0 Å². The van der Waals surface area contributed by atoms with Crippen LogP contribution in [-0.4, -0.2) is 54.1 Å². The van der Waals surface area contributed by atoms with Crippen LogP contribution in [-0.2, 0) is 6.54 Å². The van der Waals surface area contributed by atoms with Gasteiger partial charge >= 0.3 is 0 Å². The highest BCUT2D eigenvalue weighted by atomic mass is 15.3. The monoisotopic (exact) mass is 289 g/mol. The van der Waals surface area contributed by atoms with E-state index in [1.807, 2.05) is 12.4 Å². The van der Waals surface area contributed by atoms with Crippen LogP contribution in [0.25, 0.3) is 0 Å². The highest BCUT2D eigenvalue weighted by Gasteiger charge is 2.40. The van der Waals surface area contributed by atoms with Crippen LogP contribution in [0, 0.1) is 0 Å². The second kappa shape index (κ2) is 5.89. The summed E-state index contributed by atoms with van der Waals surface area (Å²) >= 11 is 0. The number of hydrogen-bond donors (Lipinski definition) is 1. The van der Waals surface area contributed by atoms with Gasteiger partial charge in [0, 0.05) is 31.7 Å². The van der Waals surface area contributed by atoms with Gasteiger partial charge in [-0.25, -0.2) is 4.98 Å². The molecule has 0 amide bonds. The van der Waals surface area contributed by atoms with Crippen molar-refractivity contribution < 1.29 is 0 Å².